The Morgan fingerprint density at radius 2 is 1.64 bits per heavy atom. The van der Waals surface area contributed by atoms with Crippen LogP contribution in [0.3, 0.4) is 0 Å². The van der Waals surface area contributed by atoms with Gasteiger partial charge in [0.2, 0.25) is 6.79 Å². The van der Waals surface area contributed by atoms with Crippen LogP contribution in [0.15, 0.2) is 72.8 Å². The number of hydrogen-bond donors (Lipinski definition) is 2. The Bertz CT molecular complexity index is 958. The fourth-order valence-corrected chi connectivity index (χ4v) is 2.86. The molecule has 4 rings (SSSR count). The number of carbonyl (C=O) groups excluding carboxylic acids is 1. The highest BCUT2D eigenvalue weighted by molar-refractivity contribution is 5.89. The lowest BCUT2D eigenvalue weighted by atomic mass is 10.1. The minimum atomic E-state index is -0.290. The third kappa shape index (κ3) is 4.17. The zero-order valence-electron chi connectivity index (χ0n) is 15.3. The smallest absolute Gasteiger partial charge is 0.319 e. The van der Waals surface area contributed by atoms with Crippen molar-refractivity contribution in [2.45, 2.75) is 13.0 Å². The van der Waals surface area contributed by atoms with Crippen LogP contribution in [0.1, 0.15) is 18.5 Å². The van der Waals surface area contributed by atoms with Crippen molar-refractivity contribution in [2.24, 2.45) is 0 Å². The molecule has 6 heteroatoms. The first-order valence-electron chi connectivity index (χ1n) is 8.97. The normalized spacial score (nSPS) is 12.9. The van der Waals surface area contributed by atoms with Crippen LogP contribution in [0.5, 0.6) is 23.0 Å². The zero-order valence-corrected chi connectivity index (χ0v) is 15.3. The van der Waals surface area contributed by atoms with E-state index in [0.29, 0.717) is 17.2 Å². The maximum absolute atomic E-state index is 12.3. The largest absolute Gasteiger partial charge is 0.457 e. The Labute approximate surface area is 163 Å². The van der Waals surface area contributed by atoms with Gasteiger partial charge >= 0.3 is 6.03 Å². The van der Waals surface area contributed by atoms with Crippen molar-refractivity contribution in [3.63, 3.8) is 0 Å². The number of benzene rings is 3. The molecule has 0 saturated heterocycles. The van der Waals surface area contributed by atoms with E-state index in [9.17, 15) is 4.79 Å². The van der Waals surface area contributed by atoms with Gasteiger partial charge in [-0.2, -0.15) is 0 Å². The molecule has 3 aromatic carbocycles. The first kappa shape index (κ1) is 17.7. The summed E-state index contributed by atoms with van der Waals surface area (Å²) >= 11 is 0. The number of fused-ring (bicyclic) bond motifs is 1. The molecular weight excluding hydrogens is 356 g/mol. The predicted molar refractivity (Wildman–Crippen MR) is 106 cm³/mol. The summed E-state index contributed by atoms with van der Waals surface area (Å²) in [6, 6.07) is 21.9. The molecule has 1 aliphatic rings. The summed E-state index contributed by atoms with van der Waals surface area (Å²) < 4.78 is 16.4. The van der Waals surface area contributed by atoms with E-state index in [1.165, 1.54) is 0 Å². The van der Waals surface area contributed by atoms with Gasteiger partial charge < -0.3 is 24.8 Å². The first-order valence-corrected chi connectivity index (χ1v) is 8.97. The van der Waals surface area contributed by atoms with Crippen LogP contribution < -0.4 is 24.8 Å². The van der Waals surface area contributed by atoms with Crippen LogP contribution >= 0.6 is 0 Å². The molecule has 0 aromatic heterocycles. The van der Waals surface area contributed by atoms with Crippen LogP contribution in [0.2, 0.25) is 0 Å². The molecule has 142 valence electrons. The molecule has 0 aliphatic carbocycles. The van der Waals surface area contributed by atoms with Crippen molar-refractivity contribution in [2.75, 3.05) is 12.1 Å². The molecule has 0 bridgehead atoms. The van der Waals surface area contributed by atoms with Crippen molar-refractivity contribution in [1.82, 2.24) is 5.32 Å². The molecule has 3 aromatic rings. The number of carbonyl (C=O) groups is 1. The molecule has 0 radical (unpaired) electrons. The summed E-state index contributed by atoms with van der Waals surface area (Å²) in [7, 11) is 0. The fraction of sp³-hybridized carbons (Fsp3) is 0.136. The van der Waals surface area contributed by atoms with Crippen molar-refractivity contribution in [3.8, 4) is 23.0 Å². The number of rotatable bonds is 5. The van der Waals surface area contributed by atoms with E-state index in [1.807, 2.05) is 67.6 Å². The van der Waals surface area contributed by atoms with Gasteiger partial charge in [0.15, 0.2) is 11.5 Å². The van der Waals surface area contributed by atoms with E-state index in [1.54, 1.807) is 12.1 Å². The van der Waals surface area contributed by atoms with Gasteiger partial charge in [-0.25, -0.2) is 4.79 Å². The summed E-state index contributed by atoms with van der Waals surface area (Å²) in [5, 5.41) is 5.74. The first-order chi connectivity index (χ1) is 13.7. The third-order valence-electron chi connectivity index (χ3n) is 4.34. The number of para-hydroxylation sites is 1. The van der Waals surface area contributed by atoms with Crippen LogP contribution in [0.25, 0.3) is 0 Å². The van der Waals surface area contributed by atoms with Crippen molar-refractivity contribution < 1.29 is 19.0 Å². The summed E-state index contributed by atoms with van der Waals surface area (Å²) in [6.07, 6.45) is 0. The van der Waals surface area contributed by atoms with E-state index in [0.717, 1.165) is 17.1 Å². The van der Waals surface area contributed by atoms with E-state index in [4.69, 9.17) is 14.2 Å². The lowest BCUT2D eigenvalue weighted by Gasteiger charge is -2.15. The van der Waals surface area contributed by atoms with Gasteiger partial charge in [-0.3, -0.25) is 0 Å². The van der Waals surface area contributed by atoms with E-state index in [2.05, 4.69) is 10.6 Å². The van der Waals surface area contributed by atoms with Gasteiger partial charge in [0.1, 0.15) is 11.5 Å². The summed E-state index contributed by atoms with van der Waals surface area (Å²) in [5.74, 6) is 2.88. The Hall–Kier alpha value is -3.67. The monoisotopic (exact) mass is 376 g/mol. The average molecular weight is 376 g/mol. The Kier molecular flexibility index (Phi) is 5.01. The molecule has 1 heterocycles. The molecule has 0 saturated carbocycles. The predicted octanol–water partition coefficient (Wildman–Crippen LogP) is 5.09. The Balaban J connectivity index is 1.33. The summed E-state index contributed by atoms with van der Waals surface area (Å²) in [6.45, 7) is 2.14. The topological polar surface area (TPSA) is 68.8 Å². The number of nitrogens with one attached hydrogen (secondary N) is 2. The zero-order chi connectivity index (χ0) is 19.3. The Morgan fingerprint density at radius 1 is 0.929 bits per heavy atom. The average Bonchev–Trinajstić information content (AvgIpc) is 3.18. The lowest BCUT2D eigenvalue weighted by molar-refractivity contribution is 0.174. The van der Waals surface area contributed by atoms with Gasteiger partial charge in [0, 0.05) is 5.69 Å². The van der Waals surface area contributed by atoms with Crippen LogP contribution in [0.4, 0.5) is 10.5 Å². The quantitative estimate of drug-likeness (QED) is 0.651. The van der Waals surface area contributed by atoms with Crippen molar-refractivity contribution in [3.05, 3.63) is 78.4 Å². The van der Waals surface area contributed by atoms with Crippen molar-refractivity contribution in [1.29, 1.82) is 0 Å². The summed E-state index contributed by atoms with van der Waals surface area (Å²) in [5.41, 5.74) is 1.61. The number of hydrogen-bond acceptors (Lipinski definition) is 4. The van der Waals surface area contributed by atoms with E-state index in [-0.39, 0.29) is 18.9 Å². The SMILES string of the molecule is CC(NC(=O)Nc1ccc(Oc2ccccc2)cc1)c1ccc2c(c1)OCO2. The number of anilines is 1. The number of urea groups is 1. The number of amides is 2. The molecule has 0 spiro atoms. The maximum Gasteiger partial charge on any atom is 0.319 e. The highest BCUT2D eigenvalue weighted by Gasteiger charge is 2.16. The van der Waals surface area contributed by atoms with Crippen LogP contribution in [-0.2, 0) is 0 Å². The highest BCUT2D eigenvalue weighted by Crippen LogP contribution is 2.34. The van der Waals surface area contributed by atoms with E-state index < -0.39 is 0 Å². The molecule has 6 nitrogen and oxygen atoms in total. The fourth-order valence-electron chi connectivity index (χ4n) is 2.86. The standard InChI is InChI=1S/C22H20N2O4/c1-15(16-7-12-20-21(13-16)27-14-26-20)23-22(25)24-17-8-10-19(11-9-17)28-18-5-3-2-4-6-18/h2-13,15H,14H2,1H3,(H2,23,24,25). The van der Waals surface area contributed by atoms with Crippen LogP contribution in [-0.4, -0.2) is 12.8 Å². The second-order valence-electron chi connectivity index (χ2n) is 6.37. The Morgan fingerprint density at radius 3 is 2.43 bits per heavy atom. The lowest BCUT2D eigenvalue weighted by Crippen LogP contribution is -2.31. The van der Waals surface area contributed by atoms with Gasteiger partial charge in [-0.15, -0.1) is 0 Å². The highest BCUT2D eigenvalue weighted by atomic mass is 16.7. The molecule has 2 N–H and O–H groups in total. The van der Waals surface area contributed by atoms with E-state index >= 15 is 0 Å². The van der Waals surface area contributed by atoms with Crippen molar-refractivity contribution >= 4 is 11.7 Å². The molecule has 1 atom stereocenters. The molecule has 1 unspecified atom stereocenters. The molecule has 2 amide bonds. The maximum atomic E-state index is 12.3. The van der Waals surface area contributed by atoms with Gasteiger partial charge in [-0.1, -0.05) is 24.3 Å². The second kappa shape index (κ2) is 7.92. The minimum Gasteiger partial charge on any atom is -0.457 e. The molecular formula is C22H20N2O4. The number of ether oxygens (including phenoxy) is 3. The second-order valence-corrected chi connectivity index (χ2v) is 6.37. The van der Waals surface area contributed by atoms with Gasteiger partial charge in [0.25, 0.3) is 0 Å². The molecule has 0 fully saturated rings. The molecule has 28 heavy (non-hydrogen) atoms. The van der Waals surface area contributed by atoms with Crippen LogP contribution in [0, 0.1) is 0 Å². The minimum absolute atomic E-state index is 0.185. The summed E-state index contributed by atoms with van der Waals surface area (Å²) in [4.78, 5) is 12.3. The molecule has 1 aliphatic heterocycles. The van der Waals surface area contributed by atoms with Gasteiger partial charge in [0.05, 0.1) is 6.04 Å². The van der Waals surface area contributed by atoms with Gasteiger partial charge in [-0.05, 0) is 61.0 Å². The third-order valence-corrected chi connectivity index (χ3v) is 4.34.